The van der Waals surface area contributed by atoms with E-state index in [4.69, 9.17) is 6.58 Å². The van der Waals surface area contributed by atoms with E-state index in [1.165, 1.54) is 55.2 Å². The van der Waals surface area contributed by atoms with Crippen molar-refractivity contribution in [3.05, 3.63) is 192 Å². The van der Waals surface area contributed by atoms with Gasteiger partial charge in [0.25, 0.3) is 0 Å². The van der Waals surface area contributed by atoms with Crippen molar-refractivity contribution in [2.75, 3.05) is 4.90 Å². The molecule has 51 heavy (non-hydrogen) atoms. The largest absolute Gasteiger partial charge is 0.310 e. The molecule has 1 heterocycles. The lowest BCUT2D eigenvalue weighted by atomic mass is 9.77. The van der Waals surface area contributed by atoms with Crippen LogP contribution in [0.5, 0.6) is 0 Å². The quantitative estimate of drug-likeness (QED) is 0.183. The molecule has 0 N–H and O–H groups in total. The molecule has 0 radical (unpaired) electrons. The number of benzene rings is 6. The highest BCUT2D eigenvalue weighted by molar-refractivity contribution is 6.10. The van der Waals surface area contributed by atoms with Gasteiger partial charge in [0.15, 0.2) is 0 Å². The number of allylic oxidation sites excluding steroid dienone is 4. The summed E-state index contributed by atoms with van der Waals surface area (Å²) in [7, 11) is 0. The highest BCUT2D eigenvalue weighted by Gasteiger charge is 2.36. The van der Waals surface area contributed by atoms with E-state index < -0.39 is 0 Å². The third kappa shape index (κ3) is 4.85. The van der Waals surface area contributed by atoms with Crippen LogP contribution in [0, 0.1) is 0 Å². The Morgan fingerprint density at radius 2 is 1.20 bits per heavy atom. The molecule has 0 atom stereocenters. The smallest absolute Gasteiger partial charge is 0.0542 e. The summed E-state index contributed by atoms with van der Waals surface area (Å²) in [5, 5.41) is 2.45. The van der Waals surface area contributed by atoms with Gasteiger partial charge < -0.3 is 9.47 Å². The van der Waals surface area contributed by atoms with E-state index in [2.05, 4.69) is 195 Å². The minimum atomic E-state index is -0.124. The van der Waals surface area contributed by atoms with Crippen LogP contribution in [-0.4, -0.2) is 4.57 Å². The van der Waals surface area contributed by atoms with E-state index in [1.54, 1.807) is 0 Å². The molecule has 2 aliphatic rings. The fourth-order valence-corrected chi connectivity index (χ4v) is 8.63. The predicted molar refractivity (Wildman–Crippen MR) is 217 cm³/mol. The maximum atomic E-state index is 4.86. The van der Waals surface area contributed by atoms with Crippen molar-refractivity contribution in [3.63, 3.8) is 0 Å². The van der Waals surface area contributed by atoms with Crippen LogP contribution in [0.1, 0.15) is 56.4 Å². The molecule has 2 heteroatoms. The van der Waals surface area contributed by atoms with Gasteiger partial charge in [-0.05, 0) is 105 Å². The Bertz CT molecular complexity index is 2570. The normalized spacial score (nSPS) is 17.4. The zero-order valence-electron chi connectivity index (χ0n) is 29.8. The van der Waals surface area contributed by atoms with Gasteiger partial charge in [0, 0.05) is 33.2 Å². The van der Waals surface area contributed by atoms with E-state index in [-0.39, 0.29) is 10.8 Å². The Labute approximate surface area is 301 Å². The summed E-state index contributed by atoms with van der Waals surface area (Å²) in [6.45, 7) is 14.2. The first kappa shape index (κ1) is 31.1. The van der Waals surface area contributed by atoms with Crippen molar-refractivity contribution in [1.29, 1.82) is 0 Å². The summed E-state index contributed by atoms with van der Waals surface area (Å²) < 4.78 is 2.38. The lowest BCUT2D eigenvalue weighted by Gasteiger charge is -2.32. The second-order valence-corrected chi connectivity index (χ2v) is 15.2. The number of hydrogen-bond acceptors (Lipinski definition) is 1. The highest BCUT2D eigenvalue weighted by atomic mass is 15.2. The summed E-state index contributed by atoms with van der Waals surface area (Å²) in [5.41, 5.74) is 15.6. The van der Waals surface area contributed by atoms with Crippen molar-refractivity contribution in [3.8, 4) is 16.8 Å². The molecule has 7 aromatic rings. The van der Waals surface area contributed by atoms with Gasteiger partial charge in [-0.1, -0.05) is 137 Å². The van der Waals surface area contributed by atoms with Gasteiger partial charge in [-0.3, -0.25) is 0 Å². The minimum Gasteiger partial charge on any atom is -0.310 e. The molecule has 0 fully saturated rings. The van der Waals surface area contributed by atoms with Gasteiger partial charge in [0.1, 0.15) is 0 Å². The molecule has 0 bridgehead atoms. The monoisotopic (exact) mass is 658 g/mol. The number of hydrogen-bond donors (Lipinski definition) is 0. The van der Waals surface area contributed by atoms with Crippen molar-refractivity contribution in [2.45, 2.75) is 44.9 Å². The summed E-state index contributed by atoms with van der Waals surface area (Å²) in [6.07, 6.45) is 7.75. The van der Waals surface area contributed by atoms with Crippen LogP contribution >= 0.6 is 0 Å². The first-order chi connectivity index (χ1) is 24.7. The second kappa shape index (κ2) is 11.6. The maximum Gasteiger partial charge on any atom is 0.0542 e. The second-order valence-electron chi connectivity index (χ2n) is 15.2. The number of aromatic nitrogens is 1. The van der Waals surface area contributed by atoms with Crippen LogP contribution in [0.15, 0.2) is 170 Å². The van der Waals surface area contributed by atoms with Crippen LogP contribution in [0.3, 0.4) is 0 Å². The van der Waals surface area contributed by atoms with E-state index >= 15 is 0 Å². The molecule has 6 aromatic carbocycles. The Kier molecular flexibility index (Phi) is 7.09. The van der Waals surface area contributed by atoms with Crippen molar-refractivity contribution in [2.24, 2.45) is 0 Å². The number of anilines is 2. The van der Waals surface area contributed by atoms with Gasteiger partial charge in [-0.15, -0.1) is 0 Å². The number of para-hydroxylation sites is 2. The number of fused-ring (bicyclic) bond motifs is 7. The Morgan fingerprint density at radius 3 is 2.02 bits per heavy atom. The maximum absolute atomic E-state index is 4.86. The first-order valence-corrected chi connectivity index (χ1v) is 18.0. The molecule has 0 amide bonds. The van der Waals surface area contributed by atoms with Gasteiger partial charge in [0.2, 0.25) is 0 Å². The molecule has 2 nitrogen and oxygen atoms in total. The Balaban J connectivity index is 1.30. The SMILES string of the molecule is C=C1/C(N(c2ccc3c(c2)C(C)(C)c2ccccc2-3)c2ccc3c(c2)c2ccccc2n3-c2ccccc2)=C\C=C/CC(C)(C)c2ccccc21. The zero-order valence-corrected chi connectivity index (χ0v) is 29.8. The summed E-state index contributed by atoms with van der Waals surface area (Å²) in [5.74, 6) is 0. The molecule has 0 unspecified atom stereocenters. The summed E-state index contributed by atoms with van der Waals surface area (Å²) in [4.78, 5) is 2.44. The van der Waals surface area contributed by atoms with Gasteiger partial charge in [0.05, 0.1) is 16.7 Å². The van der Waals surface area contributed by atoms with E-state index in [0.717, 1.165) is 34.8 Å². The van der Waals surface area contributed by atoms with Crippen LogP contribution < -0.4 is 4.90 Å². The van der Waals surface area contributed by atoms with Crippen molar-refractivity contribution in [1.82, 2.24) is 4.57 Å². The van der Waals surface area contributed by atoms with Crippen LogP contribution in [0.2, 0.25) is 0 Å². The number of nitrogens with zero attached hydrogens (tertiary/aromatic N) is 2. The van der Waals surface area contributed by atoms with Crippen LogP contribution in [0.4, 0.5) is 11.4 Å². The molecule has 0 aliphatic heterocycles. The number of rotatable bonds is 4. The lowest BCUT2D eigenvalue weighted by molar-refractivity contribution is 0.533. The fraction of sp³-hybridized carbons (Fsp3) is 0.143. The molecule has 0 spiro atoms. The third-order valence-electron chi connectivity index (χ3n) is 11.3. The standard InChI is InChI=1S/C49H42N2/c1-33-37-19-9-12-22-42(37)48(2,3)30-16-15-24-45(33)50(36-26-28-39-38-20-10-13-23-43(38)49(4,5)44(39)32-36)35-27-29-47-41(31-35)40-21-11-14-25-46(40)51(47)34-17-7-6-8-18-34/h6-29,31-32H,1,30H2,2-5H3/b16-15-,45-24+. The first-order valence-electron chi connectivity index (χ1n) is 18.0. The summed E-state index contributed by atoms with van der Waals surface area (Å²) in [6, 6.07) is 51.2. The average Bonchev–Trinajstić information content (AvgIpc) is 3.62. The topological polar surface area (TPSA) is 8.17 Å². The summed E-state index contributed by atoms with van der Waals surface area (Å²) >= 11 is 0. The zero-order chi connectivity index (χ0) is 34.9. The molecule has 0 saturated carbocycles. The van der Waals surface area contributed by atoms with Gasteiger partial charge >= 0.3 is 0 Å². The van der Waals surface area contributed by atoms with E-state index in [0.29, 0.717) is 0 Å². The van der Waals surface area contributed by atoms with Crippen molar-refractivity contribution >= 4 is 38.8 Å². The van der Waals surface area contributed by atoms with E-state index in [9.17, 15) is 0 Å². The van der Waals surface area contributed by atoms with Crippen LogP contribution in [0.25, 0.3) is 44.2 Å². The molecular formula is C49H42N2. The Morgan fingerprint density at radius 1 is 0.569 bits per heavy atom. The molecule has 248 valence electrons. The van der Waals surface area contributed by atoms with Gasteiger partial charge in [-0.25, -0.2) is 0 Å². The van der Waals surface area contributed by atoms with Crippen molar-refractivity contribution < 1.29 is 0 Å². The molecule has 1 aromatic heterocycles. The average molecular weight is 659 g/mol. The highest BCUT2D eigenvalue weighted by Crippen LogP contribution is 2.51. The third-order valence-corrected chi connectivity index (χ3v) is 11.3. The predicted octanol–water partition coefficient (Wildman–Crippen LogP) is 13.1. The fourth-order valence-electron chi connectivity index (χ4n) is 8.63. The molecular weight excluding hydrogens is 617 g/mol. The lowest BCUT2D eigenvalue weighted by Crippen LogP contribution is -2.21. The van der Waals surface area contributed by atoms with E-state index in [1.807, 2.05) is 0 Å². The Hall–Kier alpha value is -5.86. The van der Waals surface area contributed by atoms with Gasteiger partial charge in [-0.2, -0.15) is 0 Å². The minimum absolute atomic E-state index is 0.0360. The molecule has 0 saturated heterocycles. The van der Waals surface area contributed by atoms with Crippen LogP contribution in [-0.2, 0) is 10.8 Å². The molecule has 2 aliphatic carbocycles. The molecule has 9 rings (SSSR count).